The van der Waals surface area contributed by atoms with Crippen molar-refractivity contribution in [3.63, 3.8) is 0 Å². The van der Waals surface area contributed by atoms with E-state index in [0.29, 0.717) is 36.8 Å². The van der Waals surface area contributed by atoms with E-state index in [1.54, 1.807) is 19.4 Å². The Morgan fingerprint density at radius 2 is 1.84 bits per heavy atom. The first kappa shape index (κ1) is 31.5. The van der Waals surface area contributed by atoms with E-state index in [9.17, 15) is 18.0 Å². The maximum Gasteiger partial charge on any atom is 0.242 e. The number of carbonyl (C=O) groups excluding carboxylic acids is 2. The smallest absolute Gasteiger partial charge is 0.242 e. The standard InChI is InChI=1S/C32H41N5O6S/c1-42-28-13-12-26-21-29(28)43-19-7-16-37(44(40,41)23-25-10-5-6-11-25)22-30(38)35-27(20-24-8-3-2-4-9-24)32(39)34-15-18-36-17-14-33-31(26)36/h2-4,8-9,12-14,17,21,25,27H,5-7,10-11,15-16,18-20,22-23H2,1H3,(H,34,39)(H,35,38)/t27-/m0/s1. The van der Waals surface area contributed by atoms with Crippen LogP contribution in [0.1, 0.15) is 37.7 Å². The van der Waals surface area contributed by atoms with Crippen LogP contribution in [-0.2, 0) is 32.6 Å². The summed E-state index contributed by atoms with van der Waals surface area (Å²) in [4.78, 5) is 31.3. The van der Waals surface area contributed by atoms with Crippen LogP contribution in [0.25, 0.3) is 11.4 Å². The molecule has 5 rings (SSSR count). The number of fused-ring (bicyclic) bond motifs is 4. The second-order valence-corrected chi connectivity index (χ2v) is 13.4. The molecule has 236 valence electrons. The van der Waals surface area contributed by atoms with Crippen LogP contribution in [-0.4, -0.2) is 79.2 Å². The molecule has 0 unspecified atom stereocenters. The molecule has 2 aromatic carbocycles. The number of sulfonamides is 1. The second kappa shape index (κ2) is 14.7. The molecule has 2 N–H and O–H groups in total. The number of nitrogens with one attached hydrogen (secondary N) is 2. The minimum absolute atomic E-state index is 0.0115. The fourth-order valence-corrected chi connectivity index (χ4v) is 7.74. The number of hydrogen-bond donors (Lipinski definition) is 2. The van der Waals surface area contributed by atoms with E-state index in [-0.39, 0.29) is 43.7 Å². The predicted molar refractivity (Wildman–Crippen MR) is 167 cm³/mol. The first-order chi connectivity index (χ1) is 21.3. The number of nitrogens with zero attached hydrogens (tertiary/aromatic N) is 3. The van der Waals surface area contributed by atoms with E-state index in [2.05, 4.69) is 15.6 Å². The van der Waals surface area contributed by atoms with Crippen LogP contribution in [0.3, 0.4) is 0 Å². The Balaban J connectivity index is 1.42. The first-order valence-corrected chi connectivity index (χ1v) is 16.8. The van der Waals surface area contributed by atoms with Gasteiger partial charge in [0.1, 0.15) is 11.9 Å². The summed E-state index contributed by atoms with van der Waals surface area (Å²) in [6.45, 7) is 0.687. The molecule has 1 aliphatic heterocycles. The van der Waals surface area contributed by atoms with Crippen molar-refractivity contribution in [1.29, 1.82) is 0 Å². The van der Waals surface area contributed by atoms with Crippen LogP contribution in [0, 0.1) is 5.92 Å². The van der Waals surface area contributed by atoms with Gasteiger partial charge in [0.05, 0.1) is 26.0 Å². The van der Waals surface area contributed by atoms with Crippen molar-refractivity contribution in [3.05, 3.63) is 66.5 Å². The highest BCUT2D eigenvalue weighted by molar-refractivity contribution is 7.89. The van der Waals surface area contributed by atoms with Crippen LogP contribution in [0.4, 0.5) is 0 Å². The quantitative estimate of drug-likeness (QED) is 0.432. The van der Waals surface area contributed by atoms with Gasteiger partial charge in [0.2, 0.25) is 21.8 Å². The van der Waals surface area contributed by atoms with Crippen molar-refractivity contribution < 1.29 is 27.5 Å². The number of benzene rings is 2. The van der Waals surface area contributed by atoms with Gasteiger partial charge in [0, 0.05) is 44.0 Å². The van der Waals surface area contributed by atoms with Crippen LogP contribution >= 0.6 is 0 Å². The highest BCUT2D eigenvalue weighted by Gasteiger charge is 2.31. The van der Waals surface area contributed by atoms with Gasteiger partial charge in [0.25, 0.3) is 0 Å². The summed E-state index contributed by atoms with van der Waals surface area (Å²) in [5.74, 6) is 0.987. The summed E-state index contributed by atoms with van der Waals surface area (Å²) in [6, 6.07) is 14.1. The molecule has 0 saturated heterocycles. The van der Waals surface area contributed by atoms with E-state index in [0.717, 1.165) is 36.8 Å². The lowest BCUT2D eigenvalue weighted by atomic mass is 10.1. The lowest BCUT2D eigenvalue weighted by Crippen LogP contribution is -2.52. The summed E-state index contributed by atoms with van der Waals surface area (Å²) >= 11 is 0. The maximum absolute atomic E-state index is 13.6. The first-order valence-electron chi connectivity index (χ1n) is 15.2. The lowest BCUT2D eigenvalue weighted by Gasteiger charge is -2.25. The van der Waals surface area contributed by atoms with Crippen LogP contribution in [0.15, 0.2) is 60.9 Å². The monoisotopic (exact) mass is 623 g/mol. The molecule has 1 aliphatic carbocycles. The zero-order valence-electron chi connectivity index (χ0n) is 25.1. The molecule has 44 heavy (non-hydrogen) atoms. The topological polar surface area (TPSA) is 132 Å². The highest BCUT2D eigenvalue weighted by Crippen LogP contribution is 2.32. The molecule has 2 heterocycles. The number of amides is 2. The Morgan fingerprint density at radius 1 is 1.05 bits per heavy atom. The van der Waals surface area contributed by atoms with E-state index in [4.69, 9.17) is 9.47 Å². The molecule has 3 aromatic rings. The Morgan fingerprint density at radius 3 is 2.61 bits per heavy atom. The van der Waals surface area contributed by atoms with Gasteiger partial charge in [-0.25, -0.2) is 13.4 Å². The van der Waals surface area contributed by atoms with Gasteiger partial charge in [-0.2, -0.15) is 4.31 Å². The van der Waals surface area contributed by atoms with Crippen molar-refractivity contribution in [2.45, 2.75) is 51.1 Å². The third kappa shape index (κ3) is 8.17. The van der Waals surface area contributed by atoms with Crippen LogP contribution < -0.4 is 20.1 Å². The van der Waals surface area contributed by atoms with Crippen molar-refractivity contribution in [3.8, 4) is 22.9 Å². The van der Waals surface area contributed by atoms with E-state index < -0.39 is 22.0 Å². The minimum Gasteiger partial charge on any atom is -0.493 e. The number of rotatable bonds is 6. The molecular formula is C32H41N5O6S. The third-order valence-corrected chi connectivity index (χ3v) is 10.2. The Hall–Kier alpha value is -3.90. The summed E-state index contributed by atoms with van der Waals surface area (Å²) in [6.07, 6.45) is 7.95. The number of aromatic nitrogens is 2. The third-order valence-electron chi connectivity index (χ3n) is 8.17. The van der Waals surface area contributed by atoms with Gasteiger partial charge < -0.3 is 24.7 Å². The molecule has 2 aliphatic rings. The Labute approximate surface area is 259 Å². The summed E-state index contributed by atoms with van der Waals surface area (Å²) in [5, 5.41) is 5.77. The minimum atomic E-state index is -3.73. The van der Waals surface area contributed by atoms with Crippen molar-refractivity contribution in [2.75, 3.05) is 39.1 Å². The zero-order chi connectivity index (χ0) is 30.9. The van der Waals surface area contributed by atoms with Gasteiger partial charge in [-0.05, 0) is 48.9 Å². The summed E-state index contributed by atoms with van der Waals surface area (Å²) < 4.78 is 41.9. The number of ether oxygens (including phenoxy) is 2. The molecule has 1 atom stereocenters. The summed E-state index contributed by atoms with van der Waals surface area (Å²) in [7, 11) is -2.17. The van der Waals surface area contributed by atoms with Crippen LogP contribution in [0.5, 0.6) is 11.5 Å². The Kier molecular flexibility index (Phi) is 10.5. The zero-order valence-corrected chi connectivity index (χ0v) is 25.9. The number of methoxy groups -OCH3 is 1. The van der Waals surface area contributed by atoms with E-state index in [1.807, 2.05) is 53.2 Å². The summed E-state index contributed by atoms with van der Waals surface area (Å²) in [5.41, 5.74) is 1.69. The molecule has 12 heteroatoms. The molecule has 1 fully saturated rings. The normalized spacial score (nSPS) is 19.6. The average molecular weight is 624 g/mol. The fraction of sp³-hybridized carbons (Fsp3) is 0.469. The van der Waals surface area contributed by atoms with Crippen molar-refractivity contribution in [2.24, 2.45) is 5.92 Å². The number of carbonyl (C=O) groups is 2. The second-order valence-electron chi connectivity index (χ2n) is 11.4. The molecule has 11 nitrogen and oxygen atoms in total. The van der Waals surface area contributed by atoms with Gasteiger partial charge in [-0.1, -0.05) is 43.2 Å². The molecule has 2 bridgehead atoms. The molecule has 1 aromatic heterocycles. The molecule has 1 saturated carbocycles. The van der Waals surface area contributed by atoms with Crippen LogP contribution in [0.2, 0.25) is 0 Å². The van der Waals surface area contributed by atoms with Gasteiger partial charge in [-0.15, -0.1) is 0 Å². The van der Waals surface area contributed by atoms with Gasteiger partial charge in [-0.3, -0.25) is 9.59 Å². The average Bonchev–Trinajstić information content (AvgIpc) is 3.70. The van der Waals surface area contributed by atoms with E-state index in [1.165, 1.54) is 4.31 Å². The maximum atomic E-state index is 13.6. The number of hydrogen-bond acceptors (Lipinski definition) is 7. The van der Waals surface area contributed by atoms with Gasteiger partial charge >= 0.3 is 0 Å². The fourth-order valence-electron chi connectivity index (χ4n) is 5.88. The SMILES string of the molecule is COc1ccc2cc1OCCCN(S(=O)(=O)CC1CCCC1)CC(=O)N[C@@H](Cc1ccccc1)C(=O)NCCn1ccnc1-2. The molecular weight excluding hydrogens is 582 g/mol. The van der Waals surface area contributed by atoms with E-state index >= 15 is 0 Å². The molecule has 0 spiro atoms. The van der Waals surface area contributed by atoms with Crippen molar-refractivity contribution >= 4 is 21.8 Å². The predicted octanol–water partition coefficient (Wildman–Crippen LogP) is 3.01. The molecule has 0 radical (unpaired) electrons. The largest absolute Gasteiger partial charge is 0.493 e. The Bertz CT molecular complexity index is 1520. The van der Waals surface area contributed by atoms with Gasteiger partial charge in [0.15, 0.2) is 11.5 Å². The molecule has 2 amide bonds. The number of imidazole rings is 1. The highest BCUT2D eigenvalue weighted by atomic mass is 32.2. The lowest BCUT2D eigenvalue weighted by molar-refractivity contribution is -0.129. The van der Waals surface area contributed by atoms with Crippen molar-refractivity contribution in [1.82, 2.24) is 24.5 Å².